The van der Waals surface area contributed by atoms with Crippen molar-refractivity contribution >= 4 is 5.91 Å². The lowest BCUT2D eigenvalue weighted by molar-refractivity contribution is -0.130. The molecule has 1 aliphatic heterocycles. The summed E-state index contributed by atoms with van der Waals surface area (Å²) in [5.41, 5.74) is 1.80. The van der Waals surface area contributed by atoms with E-state index in [0.717, 1.165) is 43.9 Å². The highest BCUT2D eigenvalue weighted by Crippen LogP contribution is 2.31. The number of hydrogen-bond acceptors (Lipinski definition) is 4. The summed E-state index contributed by atoms with van der Waals surface area (Å²) in [6.45, 7) is 8.78. The number of benzene rings is 1. The van der Waals surface area contributed by atoms with Crippen LogP contribution in [0.5, 0.6) is 5.75 Å². The van der Waals surface area contributed by atoms with Crippen LogP contribution in [0.2, 0.25) is 0 Å². The van der Waals surface area contributed by atoms with Gasteiger partial charge in [-0.1, -0.05) is 39.0 Å². The first-order chi connectivity index (χ1) is 13.9. The Balaban J connectivity index is 1.73. The molecular weight excluding hydrogens is 362 g/mol. The molecule has 29 heavy (non-hydrogen) atoms. The fraction of sp³-hybridized carbons (Fsp3) is 0.500. The summed E-state index contributed by atoms with van der Waals surface area (Å²) < 4.78 is 5.26. The molecule has 156 valence electrons. The summed E-state index contributed by atoms with van der Waals surface area (Å²) in [5.74, 6) is 1.29. The molecule has 2 heterocycles. The maximum atomic E-state index is 12.8. The minimum Gasteiger partial charge on any atom is -0.497 e. The summed E-state index contributed by atoms with van der Waals surface area (Å²) in [6, 6.07) is 14.1. The van der Waals surface area contributed by atoms with Crippen LogP contribution in [0.15, 0.2) is 48.7 Å². The lowest BCUT2D eigenvalue weighted by atomic mass is 9.86. The van der Waals surface area contributed by atoms with Gasteiger partial charge in [0.1, 0.15) is 5.75 Å². The molecule has 1 aliphatic rings. The average Bonchev–Trinajstić information content (AvgIpc) is 2.72. The van der Waals surface area contributed by atoms with E-state index in [4.69, 9.17) is 4.74 Å². The molecule has 3 rings (SSSR count). The van der Waals surface area contributed by atoms with Crippen molar-refractivity contribution in [3.8, 4) is 5.75 Å². The maximum Gasteiger partial charge on any atom is 0.225 e. The number of nitrogens with one attached hydrogen (secondary N) is 1. The normalized spacial score (nSPS) is 18.8. The van der Waals surface area contributed by atoms with Gasteiger partial charge in [-0.05, 0) is 55.1 Å². The van der Waals surface area contributed by atoms with Gasteiger partial charge in [0.25, 0.3) is 0 Å². The van der Waals surface area contributed by atoms with E-state index in [1.807, 2.05) is 57.3 Å². The molecule has 0 aliphatic carbocycles. The summed E-state index contributed by atoms with van der Waals surface area (Å²) >= 11 is 0. The van der Waals surface area contributed by atoms with E-state index in [0.29, 0.717) is 5.92 Å². The van der Waals surface area contributed by atoms with Crippen molar-refractivity contribution in [2.45, 2.75) is 46.2 Å². The van der Waals surface area contributed by atoms with Gasteiger partial charge in [0.2, 0.25) is 5.91 Å². The number of hydrogen-bond donors (Lipinski definition) is 1. The van der Waals surface area contributed by atoms with Crippen molar-refractivity contribution < 1.29 is 9.53 Å². The van der Waals surface area contributed by atoms with Crippen LogP contribution >= 0.6 is 0 Å². The number of rotatable bonds is 6. The number of likely N-dealkylation sites (tertiary alicyclic amines) is 1. The monoisotopic (exact) mass is 395 g/mol. The van der Waals surface area contributed by atoms with Gasteiger partial charge in [-0.25, -0.2) is 0 Å². The molecule has 5 nitrogen and oxygen atoms in total. The van der Waals surface area contributed by atoms with E-state index in [-0.39, 0.29) is 11.9 Å². The molecule has 1 saturated heterocycles. The third-order valence-corrected chi connectivity index (χ3v) is 5.55. The number of carbonyl (C=O) groups excluding carboxylic acids is 1. The minimum absolute atomic E-state index is 0.0680. The van der Waals surface area contributed by atoms with Gasteiger partial charge in [0, 0.05) is 24.7 Å². The molecule has 0 bridgehead atoms. The van der Waals surface area contributed by atoms with Crippen molar-refractivity contribution in [2.75, 3.05) is 20.2 Å². The third kappa shape index (κ3) is 5.80. The number of aromatic nitrogens is 1. The molecular formula is C24H33N3O2. The molecule has 5 heteroatoms. The van der Waals surface area contributed by atoms with E-state index in [2.05, 4.69) is 27.3 Å². The Morgan fingerprint density at radius 1 is 1.24 bits per heavy atom. The summed E-state index contributed by atoms with van der Waals surface area (Å²) in [5, 5.41) is 3.30. The highest BCUT2D eigenvalue weighted by Gasteiger charge is 2.33. The van der Waals surface area contributed by atoms with E-state index < -0.39 is 5.41 Å². The number of nitrogens with zero attached hydrogens (tertiary/aromatic N) is 2. The zero-order valence-electron chi connectivity index (χ0n) is 18.0. The average molecular weight is 396 g/mol. The van der Waals surface area contributed by atoms with Crippen molar-refractivity contribution in [1.29, 1.82) is 0 Å². The van der Waals surface area contributed by atoms with Gasteiger partial charge in [-0.2, -0.15) is 0 Å². The zero-order valence-corrected chi connectivity index (χ0v) is 18.0. The predicted octanol–water partition coefficient (Wildman–Crippen LogP) is 4.21. The van der Waals surface area contributed by atoms with Gasteiger partial charge in [-0.3, -0.25) is 14.7 Å². The smallest absolute Gasteiger partial charge is 0.225 e. The van der Waals surface area contributed by atoms with Crippen molar-refractivity contribution in [1.82, 2.24) is 15.2 Å². The molecule has 0 spiro atoms. The highest BCUT2D eigenvalue weighted by molar-refractivity contribution is 5.81. The summed E-state index contributed by atoms with van der Waals surface area (Å²) in [4.78, 5) is 19.8. The molecule has 1 aromatic heterocycles. The van der Waals surface area contributed by atoms with E-state index in [1.54, 1.807) is 7.11 Å². The fourth-order valence-corrected chi connectivity index (χ4v) is 3.85. The van der Waals surface area contributed by atoms with E-state index in [9.17, 15) is 4.79 Å². The molecule has 0 radical (unpaired) electrons. The highest BCUT2D eigenvalue weighted by atomic mass is 16.5. The van der Waals surface area contributed by atoms with Gasteiger partial charge in [0.15, 0.2) is 0 Å². The first-order valence-electron chi connectivity index (χ1n) is 10.4. The van der Waals surface area contributed by atoms with Crippen LogP contribution in [0, 0.1) is 11.3 Å². The zero-order chi connectivity index (χ0) is 20.9. The van der Waals surface area contributed by atoms with Gasteiger partial charge in [-0.15, -0.1) is 0 Å². The van der Waals surface area contributed by atoms with Crippen LogP contribution in [0.1, 0.15) is 50.9 Å². The second-order valence-corrected chi connectivity index (χ2v) is 8.94. The van der Waals surface area contributed by atoms with E-state index in [1.165, 1.54) is 5.56 Å². The lowest BCUT2D eigenvalue weighted by Gasteiger charge is -2.38. The van der Waals surface area contributed by atoms with Gasteiger partial charge >= 0.3 is 0 Å². The number of pyridine rings is 1. The molecule has 1 aromatic carbocycles. The first-order valence-corrected chi connectivity index (χ1v) is 10.4. The fourth-order valence-electron chi connectivity index (χ4n) is 3.85. The summed E-state index contributed by atoms with van der Waals surface area (Å²) in [6.07, 6.45) is 4.02. The van der Waals surface area contributed by atoms with Crippen molar-refractivity contribution in [2.24, 2.45) is 11.3 Å². The second kappa shape index (κ2) is 9.40. The molecule has 2 aromatic rings. The van der Waals surface area contributed by atoms with Crippen LogP contribution in [-0.4, -0.2) is 36.0 Å². The number of carbonyl (C=O) groups is 1. The third-order valence-electron chi connectivity index (χ3n) is 5.55. The molecule has 1 N–H and O–H groups in total. The molecule has 0 unspecified atom stereocenters. The number of amides is 1. The van der Waals surface area contributed by atoms with Gasteiger partial charge < -0.3 is 10.1 Å². The topological polar surface area (TPSA) is 54.5 Å². The van der Waals surface area contributed by atoms with Crippen molar-refractivity contribution in [3.63, 3.8) is 0 Å². The van der Waals surface area contributed by atoms with Crippen LogP contribution in [-0.2, 0) is 11.3 Å². The van der Waals surface area contributed by atoms with Crippen LogP contribution in [0.25, 0.3) is 0 Å². The SMILES string of the molecule is COc1ccc(CN2CCC[C@H]([C@@H](NC(=O)C(C)(C)C)c3ccccn3)C2)cc1. The van der Waals surface area contributed by atoms with E-state index >= 15 is 0 Å². The number of methoxy groups -OCH3 is 1. The van der Waals surface area contributed by atoms with Crippen LogP contribution in [0.3, 0.4) is 0 Å². The minimum atomic E-state index is -0.426. The maximum absolute atomic E-state index is 12.8. The molecule has 0 saturated carbocycles. The standard InChI is InChI=1S/C24H33N3O2/c1-24(2,3)23(28)26-22(21-9-5-6-14-25-21)19-8-7-15-27(17-19)16-18-10-12-20(29-4)13-11-18/h5-6,9-14,19,22H,7-8,15-17H2,1-4H3,(H,26,28)/t19-,22+/m0/s1. The first kappa shape index (κ1) is 21.3. The Hall–Kier alpha value is -2.40. The number of ether oxygens (including phenoxy) is 1. The predicted molar refractivity (Wildman–Crippen MR) is 116 cm³/mol. The Labute approximate surface area is 174 Å². The van der Waals surface area contributed by atoms with Crippen LogP contribution < -0.4 is 10.1 Å². The molecule has 2 atom stereocenters. The Bertz CT molecular complexity index is 784. The Morgan fingerprint density at radius 2 is 2.00 bits per heavy atom. The quantitative estimate of drug-likeness (QED) is 0.796. The molecule has 1 fully saturated rings. The summed E-state index contributed by atoms with van der Waals surface area (Å²) in [7, 11) is 1.69. The second-order valence-electron chi connectivity index (χ2n) is 8.94. The van der Waals surface area contributed by atoms with Gasteiger partial charge in [0.05, 0.1) is 18.8 Å². The Morgan fingerprint density at radius 3 is 2.62 bits per heavy atom. The number of piperidine rings is 1. The van der Waals surface area contributed by atoms with Crippen molar-refractivity contribution in [3.05, 3.63) is 59.9 Å². The largest absolute Gasteiger partial charge is 0.497 e. The van der Waals surface area contributed by atoms with Crippen LogP contribution in [0.4, 0.5) is 0 Å². The lowest BCUT2D eigenvalue weighted by Crippen LogP contribution is -2.45. The molecule has 1 amide bonds. The Kier molecular flexibility index (Phi) is 6.91.